The van der Waals surface area contributed by atoms with Crippen molar-refractivity contribution >= 4 is 79.8 Å². The van der Waals surface area contributed by atoms with Gasteiger partial charge in [-0.25, -0.2) is 14.8 Å². The lowest BCUT2D eigenvalue weighted by Gasteiger charge is -2.24. The molecule has 0 fully saturated rings. The smallest absolute Gasteiger partial charge is 0.328 e. The number of hydrogen-bond donors (Lipinski definition) is 0. The fourth-order valence-corrected chi connectivity index (χ4v) is 15.3. The van der Waals surface area contributed by atoms with E-state index in [1.165, 1.54) is 141 Å². The van der Waals surface area contributed by atoms with Gasteiger partial charge in [0.25, 0.3) is 5.70 Å². The average molecular weight is 1430 g/mol. The molecule has 0 amide bonds. The van der Waals surface area contributed by atoms with Gasteiger partial charge in [0.2, 0.25) is 11.8 Å². The Hall–Kier alpha value is -10.6. The predicted octanol–water partition coefficient (Wildman–Crippen LogP) is 22.0. The number of rotatable bonds is 44. The summed E-state index contributed by atoms with van der Waals surface area (Å²) in [6.07, 6.45) is 44.3. The van der Waals surface area contributed by atoms with E-state index in [0.29, 0.717) is 56.9 Å². The van der Waals surface area contributed by atoms with Gasteiger partial charge in [0, 0.05) is 22.2 Å². The van der Waals surface area contributed by atoms with Crippen molar-refractivity contribution in [3.05, 3.63) is 277 Å². The highest BCUT2D eigenvalue weighted by Gasteiger charge is 2.38. The summed E-state index contributed by atoms with van der Waals surface area (Å²) in [5.41, 5.74) is 9.71. The Labute approximate surface area is 642 Å². The highest BCUT2D eigenvalue weighted by Crippen LogP contribution is 2.39. The fraction of sp³-hybridized carbons (Fsp3) is 0.333. The van der Waals surface area contributed by atoms with Gasteiger partial charge < -0.3 is 27.3 Å². The molecular weight excluding hydrogens is 1320 g/mol. The van der Waals surface area contributed by atoms with Gasteiger partial charge in [-0.05, 0) is 148 Å². The van der Waals surface area contributed by atoms with Gasteiger partial charge >= 0.3 is 13.7 Å². The Kier molecular flexibility index (Phi) is 29.6. The van der Waals surface area contributed by atoms with Crippen LogP contribution >= 0.6 is 0 Å². The Morgan fingerprint density at radius 1 is 0.398 bits per heavy atom. The first-order chi connectivity index (χ1) is 53.6. The minimum Gasteiger partial charge on any atom is -0.494 e. The van der Waals surface area contributed by atoms with Crippen LogP contribution in [-0.4, -0.2) is 45.8 Å². The molecule has 0 aliphatic carbocycles. The maximum Gasteiger partial charge on any atom is 0.328 e. The summed E-state index contributed by atoms with van der Waals surface area (Å²) in [4.78, 5) is 15.1. The van der Waals surface area contributed by atoms with Crippen LogP contribution in [0.2, 0.25) is 0 Å². The number of unbranched alkanes of at least 4 members (excludes halogenated alkanes) is 24. The summed E-state index contributed by atoms with van der Waals surface area (Å²) >= 11 is 0. The van der Waals surface area contributed by atoms with E-state index < -0.39 is 13.7 Å². The molecule has 0 aliphatic rings. The van der Waals surface area contributed by atoms with Crippen LogP contribution in [0.5, 0.6) is 11.5 Å². The third-order valence-electron chi connectivity index (χ3n) is 20.9. The van der Waals surface area contributed by atoms with Gasteiger partial charge in [-0.15, -0.1) is 0 Å². The van der Waals surface area contributed by atoms with E-state index >= 15 is 0 Å². The average Bonchev–Trinajstić information content (AvgIpc) is 1.52. The summed E-state index contributed by atoms with van der Waals surface area (Å²) in [6, 6.07) is 76.9. The summed E-state index contributed by atoms with van der Waals surface area (Å²) in [7, 11) is 0. The van der Waals surface area contributed by atoms with Crippen molar-refractivity contribution in [1.29, 1.82) is 5.26 Å². The van der Waals surface area contributed by atoms with Crippen LogP contribution in [0.1, 0.15) is 205 Å². The minimum atomic E-state index is -0.591. The number of allylic oxidation sites excluding steroid dienone is 4. The maximum atomic E-state index is 12.5. The molecule has 0 bridgehead atoms. The highest BCUT2D eigenvalue weighted by atomic mass is 16.5. The fourth-order valence-electron chi connectivity index (χ4n) is 15.3. The van der Waals surface area contributed by atoms with Crippen LogP contribution in [0.25, 0.3) is 71.6 Å². The first-order valence-corrected chi connectivity index (χ1v) is 40.6. The molecule has 0 radical (unpaired) electrons. The molecule has 10 nitrogen and oxygen atoms in total. The van der Waals surface area contributed by atoms with E-state index in [4.69, 9.17) is 28.3 Å². The lowest BCUT2D eigenvalue weighted by atomic mass is 9.50. The van der Waals surface area contributed by atoms with Crippen molar-refractivity contribution in [3.8, 4) is 40.1 Å². The Bertz CT molecular complexity index is 4550. The van der Waals surface area contributed by atoms with Crippen LogP contribution in [0, 0.1) is 17.9 Å². The SMILES string of the molecule is [C-]#[N+]/C(c1nc2ccccc2o1)=c1\c2c(-c3ccc(OCCCCCCCC/C=C\CCCCCCCC)cc3)n(B(c3ccccc3)c3ccccc3)/c(=C(/C#N)c3nc4ccccc4o3)c2c(-c2ccc(OCCCCCCCC/C=C\CCCCCCCC)cc2)n1B(c1ccccc1)c1ccccc1. The van der Waals surface area contributed by atoms with E-state index in [2.05, 4.69) is 204 Å². The van der Waals surface area contributed by atoms with Gasteiger partial charge in [0.15, 0.2) is 11.2 Å². The summed E-state index contributed by atoms with van der Waals surface area (Å²) in [5.74, 6) is 1.82. The predicted molar refractivity (Wildman–Crippen MR) is 452 cm³/mol. The Morgan fingerprint density at radius 3 is 1.09 bits per heavy atom. The number of nitrogens with zero attached hydrogens (tertiary/aromatic N) is 6. The van der Waals surface area contributed by atoms with E-state index in [0.717, 1.165) is 94.4 Å². The molecule has 0 saturated heterocycles. The minimum absolute atomic E-state index is 0.159. The zero-order valence-corrected chi connectivity index (χ0v) is 63.8. The number of ether oxygens (including phenoxy) is 2. The summed E-state index contributed by atoms with van der Waals surface area (Å²) < 4.78 is 31.7. The number of oxazole rings is 2. The largest absolute Gasteiger partial charge is 0.494 e. The van der Waals surface area contributed by atoms with Gasteiger partial charge in [-0.1, -0.05) is 321 Å². The molecule has 0 spiro atoms. The monoisotopic (exact) mass is 1430 g/mol. The van der Waals surface area contributed by atoms with Crippen LogP contribution < -0.4 is 42.0 Å². The molecular formula is C96H106B2N6O4. The van der Waals surface area contributed by atoms with Gasteiger partial charge in [-0.2, -0.15) is 5.26 Å². The molecule has 550 valence electrons. The molecule has 0 unspecified atom stereocenters. The van der Waals surface area contributed by atoms with Crippen molar-refractivity contribution in [1.82, 2.24) is 18.9 Å². The molecule has 4 heterocycles. The Balaban J connectivity index is 1.00. The molecule has 8 aromatic carbocycles. The number of aromatic nitrogens is 4. The first-order valence-electron chi connectivity index (χ1n) is 40.6. The maximum absolute atomic E-state index is 12.5. The number of para-hydroxylation sites is 4. The highest BCUT2D eigenvalue weighted by molar-refractivity contribution is 6.85. The van der Waals surface area contributed by atoms with Crippen LogP contribution in [-0.2, 0) is 0 Å². The van der Waals surface area contributed by atoms with E-state index in [9.17, 15) is 11.8 Å². The molecule has 0 aliphatic heterocycles. The van der Waals surface area contributed by atoms with Gasteiger partial charge in [-0.3, -0.25) is 0 Å². The molecule has 108 heavy (non-hydrogen) atoms. The van der Waals surface area contributed by atoms with Crippen LogP contribution in [0.4, 0.5) is 0 Å². The zero-order chi connectivity index (χ0) is 74.2. The lowest BCUT2D eigenvalue weighted by molar-refractivity contribution is 0.304. The third kappa shape index (κ3) is 20.2. The molecule has 0 N–H and O–H groups in total. The second-order valence-electron chi connectivity index (χ2n) is 28.9. The summed E-state index contributed by atoms with van der Waals surface area (Å²) in [6.45, 7) is 14.3. The van der Waals surface area contributed by atoms with Crippen LogP contribution in [0.3, 0.4) is 0 Å². The first kappa shape index (κ1) is 77.1. The normalized spacial score (nSPS) is 12.2. The standard InChI is InChI=1S/C96H106B2N6O4/c1-4-6-8-10-12-14-16-18-20-22-24-26-28-30-32-50-72-105-81-68-64-75(65-69-81)91-88-89(94(90(100-3)96-102-85-61-47-49-63-87(85)108-96)104(91)98(79-56-42-36-43-57-79)80-58-44-37-45-59-80)92(76-66-70-82(71-67-76)106-73-51-33-31-29-27-25-23-21-19-17-15-13-11-9-7-5-2)103(97(77-52-38-34-39-53-77)78-54-40-35-41-55-78)93(88)83(74-99)95-101-84-60-46-48-62-86(84)107-95/h18-21,34-49,52-71H,4-17,22-33,50-51,72-73H2,1-2H3/b20-18-,21-19-,93-83-,94-90+. The number of fused-ring (bicyclic) bond motifs is 3. The van der Waals surface area contributed by atoms with Crippen molar-refractivity contribution in [2.24, 2.45) is 0 Å². The van der Waals surface area contributed by atoms with E-state index in [1.807, 2.05) is 72.8 Å². The second-order valence-corrected chi connectivity index (χ2v) is 28.9. The number of hydrogen-bond acceptors (Lipinski definition) is 7. The van der Waals surface area contributed by atoms with Crippen molar-refractivity contribution in [3.63, 3.8) is 0 Å². The third-order valence-corrected chi connectivity index (χ3v) is 20.9. The number of nitriles is 1. The Morgan fingerprint density at radius 2 is 0.722 bits per heavy atom. The van der Waals surface area contributed by atoms with Crippen molar-refractivity contribution in [2.45, 2.75) is 194 Å². The van der Waals surface area contributed by atoms with Gasteiger partial charge in [0.1, 0.15) is 34.2 Å². The molecule has 4 aromatic heterocycles. The molecule has 0 saturated carbocycles. The number of benzene rings is 8. The molecule has 0 atom stereocenters. The van der Waals surface area contributed by atoms with E-state index in [1.54, 1.807) is 0 Å². The lowest BCUT2D eigenvalue weighted by Crippen LogP contribution is -2.54. The molecule has 12 rings (SSSR count). The second kappa shape index (κ2) is 41.5. The van der Waals surface area contributed by atoms with Crippen molar-refractivity contribution < 1.29 is 18.3 Å². The topological polar surface area (TPSA) is 109 Å². The molecule has 12 aromatic rings. The quantitative estimate of drug-likeness (QED) is 0.0162. The molecule has 12 heteroatoms. The van der Waals surface area contributed by atoms with Gasteiger partial charge in [0.05, 0.1) is 30.5 Å². The zero-order valence-electron chi connectivity index (χ0n) is 63.8. The van der Waals surface area contributed by atoms with Crippen molar-refractivity contribution in [2.75, 3.05) is 13.2 Å². The summed E-state index contributed by atoms with van der Waals surface area (Å²) in [5, 5.41) is 15.0. The van der Waals surface area contributed by atoms with E-state index in [-0.39, 0.29) is 23.1 Å². The van der Waals surface area contributed by atoms with Crippen LogP contribution in [0.15, 0.2) is 252 Å².